The van der Waals surface area contributed by atoms with Crippen molar-refractivity contribution in [1.82, 2.24) is 0 Å². The van der Waals surface area contributed by atoms with Crippen molar-refractivity contribution >= 4 is 0 Å². The van der Waals surface area contributed by atoms with Gasteiger partial charge in [-0.15, -0.1) is 0 Å². The van der Waals surface area contributed by atoms with Gasteiger partial charge in [-0.2, -0.15) is 0 Å². The van der Waals surface area contributed by atoms with Gasteiger partial charge < -0.3 is 19.9 Å². The highest BCUT2D eigenvalue weighted by Gasteiger charge is 2.16. The van der Waals surface area contributed by atoms with Crippen molar-refractivity contribution in [2.24, 2.45) is 5.73 Å². The zero-order chi connectivity index (χ0) is 19.2. The van der Waals surface area contributed by atoms with E-state index in [0.29, 0.717) is 19.8 Å². The molecule has 3 aromatic rings. The van der Waals surface area contributed by atoms with Gasteiger partial charge >= 0.3 is 0 Å². The summed E-state index contributed by atoms with van der Waals surface area (Å²) in [5, 5.41) is 0. The summed E-state index contributed by atoms with van der Waals surface area (Å²) in [6, 6.07) is 26.3. The molecule has 0 spiro atoms. The van der Waals surface area contributed by atoms with Crippen LogP contribution in [0.5, 0.6) is 5.75 Å². The monoisotopic (exact) mass is 375 g/mol. The molecule has 1 aliphatic rings. The maximum Gasteiger partial charge on any atom is 0.161 e. The van der Waals surface area contributed by atoms with Gasteiger partial charge in [-0.25, -0.2) is 0 Å². The van der Waals surface area contributed by atoms with Crippen LogP contribution in [0.25, 0.3) is 0 Å². The molecule has 0 amide bonds. The molecule has 1 heterocycles. The van der Waals surface area contributed by atoms with Crippen LogP contribution in [0.3, 0.4) is 0 Å². The summed E-state index contributed by atoms with van der Waals surface area (Å²) >= 11 is 0. The van der Waals surface area contributed by atoms with Gasteiger partial charge in [0, 0.05) is 6.42 Å². The van der Waals surface area contributed by atoms with Gasteiger partial charge in [0.25, 0.3) is 0 Å². The predicted octanol–water partition coefficient (Wildman–Crippen LogP) is 4.23. The average molecular weight is 375 g/mol. The van der Waals surface area contributed by atoms with Crippen molar-refractivity contribution < 1.29 is 14.2 Å². The first-order valence-corrected chi connectivity index (χ1v) is 9.62. The molecule has 1 saturated heterocycles. The van der Waals surface area contributed by atoms with Crippen LogP contribution < -0.4 is 10.5 Å². The van der Waals surface area contributed by atoms with Crippen LogP contribution in [0, 0.1) is 0 Å². The van der Waals surface area contributed by atoms with Crippen LogP contribution in [0.1, 0.15) is 28.3 Å². The van der Waals surface area contributed by atoms with E-state index >= 15 is 0 Å². The number of hydrogen-bond donors (Lipinski definition) is 1. The summed E-state index contributed by atoms with van der Waals surface area (Å²) in [4.78, 5) is 0. The summed E-state index contributed by atoms with van der Waals surface area (Å²) < 4.78 is 17.0. The van der Waals surface area contributed by atoms with E-state index in [1.807, 2.05) is 54.6 Å². The second-order valence-electron chi connectivity index (χ2n) is 6.94. The third-order valence-electron chi connectivity index (χ3n) is 4.90. The van der Waals surface area contributed by atoms with E-state index in [0.717, 1.165) is 28.9 Å². The normalized spacial score (nSPS) is 15.5. The second kappa shape index (κ2) is 9.02. The highest BCUT2D eigenvalue weighted by atomic mass is 16.7. The zero-order valence-corrected chi connectivity index (χ0v) is 15.8. The Morgan fingerprint density at radius 3 is 2.25 bits per heavy atom. The van der Waals surface area contributed by atoms with E-state index < -0.39 is 0 Å². The maximum atomic E-state index is 6.40. The van der Waals surface area contributed by atoms with Gasteiger partial charge in [0.05, 0.1) is 19.3 Å². The highest BCUT2D eigenvalue weighted by molar-refractivity contribution is 5.36. The molecule has 4 heteroatoms. The minimum absolute atomic E-state index is 0.112. The van der Waals surface area contributed by atoms with Crippen LogP contribution in [0.2, 0.25) is 0 Å². The summed E-state index contributed by atoms with van der Waals surface area (Å²) in [5.74, 6) is 0.820. The fourth-order valence-electron chi connectivity index (χ4n) is 3.31. The van der Waals surface area contributed by atoms with Gasteiger partial charge in [-0.1, -0.05) is 66.7 Å². The molecular weight excluding hydrogens is 350 g/mol. The Balaban J connectivity index is 1.35. The Morgan fingerprint density at radius 2 is 1.50 bits per heavy atom. The van der Waals surface area contributed by atoms with Gasteiger partial charge in [-0.3, -0.25) is 0 Å². The van der Waals surface area contributed by atoms with Gasteiger partial charge in [0.2, 0.25) is 0 Å². The van der Waals surface area contributed by atoms with Crippen LogP contribution in [0.4, 0.5) is 0 Å². The van der Waals surface area contributed by atoms with Crippen LogP contribution in [-0.4, -0.2) is 19.5 Å². The maximum absolute atomic E-state index is 6.40. The molecule has 4 nitrogen and oxygen atoms in total. The van der Waals surface area contributed by atoms with Gasteiger partial charge in [-0.05, 0) is 34.4 Å². The van der Waals surface area contributed by atoms with Crippen molar-refractivity contribution in [3.63, 3.8) is 0 Å². The lowest BCUT2D eigenvalue weighted by Crippen LogP contribution is -2.11. The van der Waals surface area contributed by atoms with Crippen molar-refractivity contribution in [2.45, 2.75) is 25.4 Å². The molecule has 0 aliphatic carbocycles. The topological polar surface area (TPSA) is 53.7 Å². The van der Waals surface area contributed by atoms with E-state index in [9.17, 15) is 0 Å². The Bertz CT molecular complexity index is 874. The summed E-state index contributed by atoms with van der Waals surface area (Å²) in [5.41, 5.74) is 10.8. The van der Waals surface area contributed by atoms with Crippen molar-refractivity contribution in [2.75, 3.05) is 13.2 Å². The Kier molecular flexibility index (Phi) is 6.02. The number of rotatable bonds is 7. The summed E-state index contributed by atoms with van der Waals surface area (Å²) in [6.45, 7) is 1.88. The minimum Gasteiger partial charge on any atom is -0.489 e. The first-order valence-electron chi connectivity index (χ1n) is 9.62. The molecule has 144 valence electrons. The fourth-order valence-corrected chi connectivity index (χ4v) is 3.31. The quantitative estimate of drug-likeness (QED) is 0.671. The molecular formula is C24H25NO3. The largest absolute Gasteiger partial charge is 0.489 e. The molecule has 2 N–H and O–H groups in total. The average Bonchev–Trinajstić information content (AvgIpc) is 3.27. The van der Waals surface area contributed by atoms with Crippen LogP contribution in [0.15, 0.2) is 78.9 Å². The van der Waals surface area contributed by atoms with Crippen molar-refractivity contribution in [3.05, 3.63) is 101 Å². The molecule has 0 radical (unpaired) electrons. The van der Waals surface area contributed by atoms with E-state index in [1.165, 1.54) is 5.56 Å². The number of hydrogen-bond acceptors (Lipinski definition) is 4. The molecule has 1 fully saturated rings. The lowest BCUT2D eigenvalue weighted by Gasteiger charge is -2.14. The number of ether oxygens (including phenoxy) is 3. The SMILES string of the molecule is NC(c1ccccc1)c1cccc(OCc2ccc(CC3OCCO3)cc2)c1. The molecule has 4 rings (SSSR count). The summed E-state index contributed by atoms with van der Waals surface area (Å²) in [6.07, 6.45) is 0.666. The molecule has 0 aromatic heterocycles. The molecule has 3 aromatic carbocycles. The van der Waals surface area contributed by atoms with Crippen LogP contribution >= 0.6 is 0 Å². The standard InChI is InChI=1S/C24H25NO3/c25-24(20-5-2-1-3-6-20)21-7-4-8-22(16-21)28-17-19-11-9-18(10-12-19)15-23-26-13-14-27-23/h1-12,16,23-24H,13-15,17,25H2. The predicted molar refractivity (Wildman–Crippen MR) is 109 cm³/mol. The minimum atomic E-state index is -0.163. The number of nitrogens with two attached hydrogens (primary N) is 1. The van der Waals surface area contributed by atoms with Crippen molar-refractivity contribution in [3.8, 4) is 5.75 Å². The first kappa shape index (κ1) is 18.7. The van der Waals surface area contributed by atoms with Crippen molar-refractivity contribution in [1.29, 1.82) is 0 Å². The van der Waals surface area contributed by atoms with E-state index in [1.54, 1.807) is 0 Å². The summed E-state index contributed by atoms with van der Waals surface area (Å²) in [7, 11) is 0. The Hall–Kier alpha value is -2.66. The van der Waals surface area contributed by atoms with Gasteiger partial charge in [0.1, 0.15) is 12.4 Å². The third-order valence-corrected chi connectivity index (χ3v) is 4.90. The molecule has 1 aliphatic heterocycles. The fraction of sp³-hybridized carbons (Fsp3) is 0.250. The first-order chi connectivity index (χ1) is 13.8. The molecule has 28 heavy (non-hydrogen) atoms. The van der Waals surface area contributed by atoms with E-state index in [-0.39, 0.29) is 12.3 Å². The van der Waals surface area contributed by atoms with Crippen LogP contribution in [-0.2, 0) is 22.5 Å². The second-order valence-corrected chi connectivity index (χ2v) is 6.94. The molecule has 0 saturated carbocycles. The molecule has 1 unspecified atom stereocenters. The molecule has 0 bridgehead atoms. The van der Waals surface area contributed by atoms with E-state index in [4.69, 9.17) is 19.9 Å². The zero-order valence-electron chi connectivity index (χ0n) is 15.8. The lowest BCUT2D eigenvalue weighted by molar-refractivity contribution is -0.0399. The Labute approximate surface area is 165 Å². The molecule has 1 atom stereocenters. The number of benzene rings is 3. The lowest BCUT2D eigenvalue weighted by atomic mass is 9.99. The highest BCUT2D eigenvalue weighted by Crippen LogP contribution is 2.24. The van der Waals surface area contributed by atoms with Gasteiger partial charge in [0.15, 0.2) is 6.29 Å². The third kappa shape index (κ3) is 4.78. The van der Waals surface area contributed by atoms with E-state index in [2.05, 4.69) is 24.3 Å². The Morgan fingerprint density at radius 1 is 0.821 bits per heavy atom. The smallest absolute Gasteiger partial charge is 0.161 e.